The summed E-state index contributed by atoms with van der Waals surface area (Å²) in [7, 11) is 0. The van der Waals surface area contributed by atoms with Crippen molar-refractivity contribution in [2.75, 3.05) is 5.32 Å². The third kappa shape index (κ3) is 3.89. The first-order chi connectivity index (χ1) is 11.3. The molecule has 1 heterocycles. The first kappa shape index (κ1) is 17.9. The van der Waals surface area contributed by atoms with E-state index in [1.54, 1.807) is 0 Å². The van der Waals surface area contributed by atoms with Crippen LogP contribution < -0.4 is 10.1 Å². The lowest BCUT2D eigenvalue weighted by atomic mass is 9.99. The molecule has 9 nitrogen and oxygen atoms in total. The average molecular weight is 339 g/mol. The number of carbonyl (C=O) groups is 2. The number of aliphatic hydroxyl groups is 3. The third-order valence-corrected chi connectivity index (χ3v) is 3.37. The molecule has 0 unspecified atom stereocenters. The predicted octanol–water partition coefficient (Wildman–Crippen LogP) is -0.918. The molecule has 0 bridgehead atoms. The van der Waals surface area contributed by atoms with E-state index in [9.17, 15) is 24.9 Å². The topological polar surface area (TPSA) is 146 Å². The molecule has 0 radical (unpaired) electrons. The van der Waals surface area contributed by atoms with E-state index in [4.69, 9.17) is 14.6 Å². The van der Waals surface area contributed by atoms with Crippen LogP contribution in [0.2, 0.25) is 0 Å². The largest absolute Gasteiger partial charge is 0.479 e. The summed E-state index contributed by atoms with van der Waals surface area (Å²) in [5.41, 5.74) is 0.469. The van der Waals surface area contributed by atoms with E-state index >= 15 is 0 Å². The van der Waals surface area contributed by atoms with Crippen molar-refractivity contribution in [1.82, 2.24) is 0 Å². The Labute approximate surface area is 136 Å². The third-order valence-electron chi connectivity index (χ3n) is 3.37. The molecule has 5 atom stereocenters. The summed E-state index contributed by atoms with van der Waals surface area (Å²) in [6.45, 7) is 3.32. The summed E-state index contributed by atoms with van der Waals surface area (Å²) >= 11 is 0. The van der Waals surface area contributed by atoms with Crippen LogP contribution in [-0.4, -0.2) is 63.0 Å². The molecule has 1 fully saturated rings. The lowest BCUT2D eigenvalue weighted by Gasteiger charge is -2.38. The van der Waals surface area contributed by atoms with Gasteiger partial charge in [-0.2, -0.15) is 0 Å². The number of carboxylic acid groups (broad SMARTS) is 1. The highest BCUT2D eigenvalue weighted by Crippen LogP contribution is 2.25. The maximum atomic E-state index is 11.2. The molecule has 1 aromatic carbocycles. The summed E-state index contributed by atoms with van der Waals surface area (Å²) in [4.78, 5) is 22.2. The Balaban J connectivity index is 2.07. The molecular formula is C15H17NO8. The number of rotatable bonds is 5. The van der Waals surface area contributed by atoms with Gasteiger partial charge < -0.3 is 35.2 Å². The Bertz CT molecular complexity index is 616. The Morgan fingerprint density at radius 1 is 1.12 bits per heavy atom. The van der Waals surface area contributed by atoms with Gasteiger partial charge in [-0.05, 0) is 30.3 Å². The van der Waals surface area contributed by atoms with Gasteiger partial charge in [0.05, 0.1) is 0 Å². The molecule has 1 aromatic rings. The summed E-state index contributed by atoms with van der Waals surface area (Å²) in [5.74, 6) is -1.69. The molecule has 9 heteroatoms. The minimum atomic E-state index is -1.78. The molecule has 130 valence electrons. The summed E-state index contributed by atoms with van der Waals surface area (Å²) < 4.78 is 10.3. The van der Waals surface area contributed by atoms with Crippen LogP contribution in [-0.2, 0) is 14.3 Å². The van der Waals surface area contributed by atoms with Crippen LogP contribution in [0.1, 0.15) is 0 Å². The minimum absolute atomic E-state index is 0.198. The van der Waals surface area contributed by atoms with E-state index in [1.807, 2.05) is 0 Å². The van der Waals surface area contributed by atoms with Crippen molar-refractivity contribution in [3.8, 4) is 5.75 Å². The second-order valence-corrected chi connectivity index (χ2v) is 5.07. The molecule has 0 aromatic heterocycles. The van der Waals surface area contributed by atoms with Crippen molar-refractivity contribution in [3.63, 3.8) is 0 Å². The Kier molecular flexibility index (Phi) is 5.52. The highest BCUT2D eigenvalue weighted by Gasteiger charge is 2.48. The van der Waals surface area contributed by atoms with Crippen LogP contribution in [0.15, 0.2) is 36.9 Å². The monoisotopic (exact) mass is 339 g/mol. The zero-order valence-electron chi connectivity index (χ0n) is 12.4. The van der Waals surface area contributed by atoms with Crippen LogP contribution in [0.3, 0.4) is 0 Å². The SMILES string of the molecule is C=CC(=O)Nc1ccc(O[C@@H]2O[C@H](C(=O)O)[C@@H](O)[C@H](O)[C@H]2O)cc1. The highest BCUT2D eigenvalue weighted by atomic mass is 16.7. The van der Waals surface area contributed by atoms with E-state index in [2.05, 4.69) is 11.9 Å². The van der Waals surface area contributed by atoms with Crippen LogP contribution >= 0.6 is 0 Å². The van der Waals surface area contributed by atoms with Gasteiger partial charge in [0.2, 0.25) is 12.2 Å². The molecule has 1 saturated heterocycles. The zero-order chi connectivity index (χ0) is 17.9. The van der Waals surface area contributed by atoms with E-state index in [1.165, 1.54) is 24.3 Å². The van der Waals surface area contributed by atoms with E-state index < -0.39 is 42.6 Å². The maximum Gasteiger partial charge on any atom is 0.335 e. The first-order valence-corrected chi connectivity index (χ1v) is 6.96. The number of aliphatic carboxylic acids is 1. The van der Waals surface area contributed by atoms with Crippen LogP contribution in [0, 0.1) is 0 Å². The van der Waals surface area contributed by atoms with Crippen molar-refractivity contribution < 1.29 is 39.5 Å². The molecule has 0 saturated carbocycles. The normalized spacial score (nSPS) is 29.5. The quantitative estimate of drug-likeness (QED) is 0.433. The lowest BCUT2D eigenvalue weighted by molar-refractivity contribution is -0.271. The average Bonchev–Trinajstić information content (AvgIpc) is 2.56. The second-order valence-electron chi connectivity index (χ2n) is 5.07. The number of anilines is 1. The fourth-order valence-corrected chi connectivity index (χ4v) is 2.09. The predicted molar refractivity (Wildman–Crippen MR) is 80.2 cm³/mol. The first-order valence-electron chi connectivity index (χ1n) is 6.96. The van der Waals surface area contributed by atoms with E-state index in [0.29, 0.717) is 5.69 Å². The lowest BCUT2D eigenvalue weighted by Crippen LogP contribution is -2.61. The smallest absolute Gasteiger partial charge is 0.335 e. The zero-order valence-corrected chi connectivity index (χ0v) is 12.4. The van der Waals surface area contributed by atoms with Gasteiger partial charge in [0, 0.05) is 5.69 Å². The van der Waals surface area contributed by atoms with Gasteiger partial charge in [0.1, 0.15) is 24.1 Å². The summed E-state index contributed by atoms with van der Waals surface area (Å²) in [6.07, 6.45) is -7.28. The van der Waals surface area contributed by atoms with Crippen LogP contribution in [0.25, 0.3) is 0 Å². The summed E-state index contributed by atoms with van der Waals surface area (Å²) in [5, 5.41) is 40.6. The van der Waals surface area contributed by atoms with Gasteiger partial charge >= 0.3 is 5.97 Å². The van der Waals surface area contributed by atoms with Gasteiger partial charge in [0.25, 0.3) is 0 Å². The number of hydrogen-bond acceptors (Lipinski definition) is 7. The molecule has 0 aliphatic carbocycles. The number of hydrogen-bond donors (Lipinski definition) is 5. The number of carbonyl (C=O) groups excluding carboxylic acids is 1. The second kappa shape index (κ2) is 7.41. The molecule has 5 N–H and O–H groups in total. The standard InChI is InChI=1S/C15H17NO8/c1-2-9(17)16-7-3-5-8(6-4-7)23-15-12(20)10(18)11(19)13(24-15)14(21)22/h2-6,10-13,15,18-20H,1H2,(H,16,17)(H,21,22)/t10-,11-,12+,13-,15+/m0/s1. The van der Waals surface area contributed by atoms with Crippen LogP contribution in [0.4, 0.5) is 5.69 Å². The van der Waals surface area contributed by atoms with Gasteiger partial charge in [-0.25, -0.2) is 4.79 Å². The fourth-order valence-electron chi connectivity index (χ4n) is 2.09. The molecule has 1 amide bonds. The molecule has 0 spiro atoms. The minimum Gasteiger partial charge on any atom is -0.479 e. The fraction of sp³-hybridized carbons (Fsp3) is 0.333. The number of ether oxygens (including phenoxy) is 2. The van der Waals surface area contributed by atoms with E-state index in [0.717, 1.165) is 6.08 Å². The summed E-state index contributed by atoms with van der Waals surface area (Å²) in [6, 6.07) is 5.90. The van der Waals surface area contributed by atoms with E-state index in [-0.39, 0.29) is 5.75 Å². The Morgan fingerprint density at radius 2 is 1.75 bits per heavy atom. The van der Waals surface area contributed by atoms with Gasteiger partial charge in [-0.1, -0.05) is 6.58 Å². The van der Waals surface area contributed by atoms with Crippen molar-refractivity contribution in [1.29, 1.82) is 0 Å². The van der Waals surface area contributed by atoms with Crippen molar-refractivity contribution >= 4 is 17.6 Å². The van der Waals surface area contributed by atoms with Crippen LogP contribution in [0.5, 0.6) is 5.75 Å². The number of amides is 1. The molecule has 2 rings (SSSR count). The Morgan fingerprint density at radius 3 is 2.29 bits per heavy atom. The number of aliphatic hydroxyl groups excluding tert-OH is 3. The Hall–Kier alpha value is -2.46. The molecule has 24 heavy (non-hydrogen) atoms. The highest BCUT2D eigenvalue weighted by molar-refractivity contribution is 5.98. The van der Waals surface area contributed by atoms with Crippen molar-refractivity contribution in [2.24, 2.45) is 0 Å². The van der Waals surface area contributed by atoms with Gasteiger partial charge in [-0.15, -0.1) is 0 Å². The molecular weight excluding hydrogens is 322 g/mol. The van der Waals surface area contributed by atoms with Crippen molar-refractivity contribution in [3.05, 3.63) is 36.9 Å². The number of nitrogens with one attached hydrogen (secondary N) is 1. The van der Waals surface area contributed by atoms with Gasteiger partial charge in [0.15, 0.2) is 6.10 Å². The molecule has 1 aliphatic heterocycles. The molecule has 1 aliphatic rings. The number of carboxylic acids is 1. The number of benzene rings is 1. The van der Waals surface area contributed by atoms with Crippen molar-refractivity contribution in [2.45, 2.75) is 30.7 Å². The van der Waals surface area contributed by atoms with Gasteiger partial charge in [-0.3, -0.25) is 4.79 Å². The maximum absolute atomic E-state index is 11.2.